The zero-order valence-corrected chi connectivity index (χ0v) is 8.35. The van der Waals surface area contributed by atoms with Crippen molar-refractivity contribution in [3.8, 4) is 0 Å². The Kier molecular flexibility index (Phi) is 5.34. The van der Waals surface area contributed by atoms with Gasteiger partial charge in [0.25, 0.3) is 0 Å². The standard InChI is InChI=1S/C9H18N2O/c1-5-8(4)6-9(12)11-10-7(2)3/h8H,5-6H2,1-4H3,(H,11,12). The Labute approximate surface area is 74.2 Å². The average molecular weight is 170 g/mol. The number of carbonyl (C=O) groups excluding carboxylic acids is 1. The van der Waals surface area contributed by atoms with Crippen molar-refractivity contribution < 1.29 is 4.79 Å². The smallest absolute Gasteiger partial charge is 0.240 e. The van der Waals surface area contributed by atoms with E-state index in [0.29, 0.717) is 12.3 Å². The topological polar surface area (TPSA) is 41.5 Å². The van der Waals surface area contributed by atoms with Crippen LogP contribution in [0, 0.1) is 5.92 Å². The molecule has 0 saturated heterocycles. The summed E-state index contributed by atoms with van der Waals surface area (Å²) in [4.78, 5) is 11.1. The molecular weight excluding hydrogens is 152 g/mol. The van der Waals surface area contributed by atoms with Crippen LogP contribution in [-0.2, 0) is 4.79 Å². The van der Waals surface area contributed by atoms with E-state index in [4.69, 9.17) is 0 Å². The molecule has 1 amide bonds. The number of hydrogen-bond acceptors (Lipinski definition) is 2. The lowest BCUT2D eigenvalue weighted by Gasteiger charge is -2.05. The summed E-state index contributed by atoms with van der Waals surface area (Å²) in [6.45, 7) is 7.83. The van der Waals surface area contributed by atoms with Gasteiger partial charge in [0.05, 0.1) is 0 Å². The third-order valence-electron chi connectivity index (χ3n) is 1.63. The van der Waals surface area contributed by atoms with Crippen molar-refractivity contribution in [3.05, 3.63) is 0 Å². The summed E-state index contributed by atoms with van der Waals surface area (Å²) in [5, 5.41) is 3.83. The second kappa shape index (κ2) is 5.75. The molecule has 3 heteroatoms. The minimum Gasteiger partial charge on any atom is -0.273 e. The first kappa shape index (κ1) is 11.1. The molecule has 0 aromatic carbocycles. The minimum absolute atomic E-state index is 0.00514. The van der Waals surface area contributed by atoms with E-state index in [1.165, 1.54) is 0 Å². The number of carbonyl (C=O) groups is 1. The summed E-state index contributed by atoms with van der Waals surface area (Å²) in [5.74, 6) is 0.447. The molecule has 3 nitrogen and oxygen atoms in total. The molecule has 0 rings (SSSR count). The highest BCUT2D eigenvalue weighted by Crippen LogP contribution is 2.05. The van der Waals surface area contributed by atoms with Gasteiger partial charge in [-0.3, -0.25) is 4.79 Å². The third kappa shape index (κ3) is 5.89. The molecule has 0 bridgehead atoms. The van der Waals surface area contributed by atoms with Crippen LogP contribution in [0.3, 0.4) is 0 Å². The van der Waals surface area contributed by atoms with Crippen molar-refractivity contribution >= 4 is 11.6 Å². The van der Waals surface area contributed by atoms with Crippen LogP contribution in [0.15, 0.2) is 5.10 Å². The maximum atomic E-state index is 11.1. The van der Waals surface area contributed by atoms with Crippen molar-refractivity contribution in [1.82, 2.24) is 5.43 Å². The highest BCUT2D eigenvalue weighted by atomic mass is 16.2. The summed E-state index contributed by atoms with van der Waals surface area (Å²) in [6.07, 6.45) is 1.59. The Morgan fingerprint density at radius 3 is 2.50 bits per heavy atom. The van der Waals surface area contributed by atoms with Gasteiger partial charge in [0.1, 0.15) is 0 Å². The number of amides is 1. The highest BCUT2D eigenvalue weighted by Gasteiger charge is 2.05. The van der Waals surface area contributed by atoms with Crippen molar-refractivity contribution in [2.45, 2.75) is 40.5 Å². The maximum absolute atomic E-state index is 11.1. The molecule has 0 heterocycles. The van der Waals surface area contributed by atoms with Crippen LogP contribution in [0.25, 0.3) is 0 Å². The van der Waals surface area contributed by atoms with E-state index in [0.717, 1.165) is 12.1 Å². The van der Waals surface area contributed by atoms with E-state index < -0.39 is 0 Å². The fourth-order valence-corrected chi connectivity index (χ4v) is 0.681. The maximum Gasteiger partial charge on any atom is 0.240 e. The molecule has 0 aliphatic carbocycles. The molecule has 12 heavy (non-hydrogen) atoms. The lowest BCUT2D eigenvalue weighted by atomic mass is 10.1. The Morgan fingerprint density at radius 1 is 1.50 bits per heavy atom. The summed E-state index contributed by atoms with van der Waals surface area (Å²) >= 11 is 0. The van der Waals surface area contributed by atoms with Gasteiger partial charge in [-0.2, -0.15) is 5.10 Å². The normalized spacial score (nSPS) is 12.0. The van der Waals surface area contributed by atoms with E-state index in [9.17, 15) is 4.79 Å². The predicted molar refractivity (Wildman–Crippen MR) is 51.0 cm³/mol. The van der Waals surface area contributed by atoms with Crippen molar-refractivity contribution in [3.63, 3.8) is 0 Å². The van der Waals surface area contributed by atoms with E-state index in [1.54, 1.807) is 0 Å². The molecule has 0 fully saturated rings. The number of hydrazone groups is 1. The molecule has 0 aromatic heterocycles. The molecule has 1 unspecified atom stereocenters. The van der Waals surface area contributed by atoms with Gasteiger partial charge in [-0.15, -0.1) is 0 Å². The largest absolute Gasteiger partial charge is 0.273 e. The van der Waals surface area contributed by atoms with Crippen LogP contribution in [-0.4, -0.2) is 11.6 Å². The molecule has 0 saturated carbocycles. The van der Waals surface area contributed by atoms with Crippen molar-refractivity contribution in [2.75, 3.05) is 0 Å². The SMILES string of the molecule is CCC(C)CC(=O)NN=C(C)C. The van der Waals surface area contributed by atoms with E-state index in [1.807, 2.05) is 13.8 Å². The number of rotatable bonds is 4. The Hall–Kier alpha value is -0.860. The number of hydrogen-bond donors (Lipinski definition) is 1. The molecule has 0 aliphatic heterocycles. The van der Waals surface area contributed by atoms with Gasteiger partial charge in [0.2, 0.25) is 5.91 Å². The average Bonchev–Trinajstić information content (AvgIpc) is 2.00. The van der Waals surface area contributed by atoms with Gasteiger partial charge in [0, 0.05) is 12.1 Å². The fourth-order valence-electron chi connectivity index (χ4n) is 0.681. The quantitative estimate of drug-likeness (QED) is 0.508. The highest BCUT2D eigenvalue weighted by molar-refractivity contribution is 5.82. The Morgan fingerprint density at radius 2 is 2.08 bits per heavy atom. The lowest BCUT2D eigenvalue weighted by Crippen LogP contribution is -2.20. The fraction of sp³-hybridized carbons (Fsp3) is 0.778. The summed E-state index contributed by atoms with van der Waals surface area (Å²) in [5.41, 5.74) is 3.36. The first-order chi connectivity index (χ1) is 5.56. The molecule has 70 valence electrons. The zero-order valence-electron chi connectivity index (χ0n) is 8.35. The van der Waals surface area contributed by atoms with Gasteiger partial charge in [0.15, 0.2) is 0 Å². The van der Waals surface area contributed by atoms with Crippen molar-refractivity contribution in [2.24, 2.45) is 11.0 Å². The van der Waals surface area contributed by atoms with Crippen LogP contribution in [0.5, 0.6) is 0 Å². The van der Waals surface area contributed by atoms with E-state index in [-0.39, 0.29) is 5.91 Å². The van der Waals surface area contributed by atoms with Crippen LogP contribution >= 0.6 is 0 Å². The van der Waals surface area contributed by atoms with Crippen LogP contribution < -0.4 is 5.43 Å². The second-order valence-corrected chi connectivity index (χ2v) is 3.31. The van der Waals surface area contributed by atoms with Gasteiger partial charge < -0.3 is 0 Å². The number of nitrogens with zero attached hydrogens (tertiary/aromatic N) is 1. The molecule has 0 aromatic rings. The second-order valence-electron chi connectivity index (χ2n) is 3.31. The molecule has 1 atom stereocenters. The predicted octanol–water partition coefficient (Wildman–Crippen LogP) is 1.93. The molecule has 0 spiro atoms. The minimum atomic E-state index is 0.00514. The van der Waals surface area contributed by atoms with Gasteiger partial charge in [-0.05, 0) is 19.8 Å². The number of nitrogens with one attached hydrogen (secondary N) is 1. The molecule has 0 aliphatic rings. The van der Waals surface area contributed by atoms with Crippen LogP contribution in [0.2, 0.25) is 0 Å². The summed E-state index contributed by atoms with van der Waals surface area (Å²) in [7, 11) is 0. The molecular formula is C9H18N2O. The monoisotopic (exact) mass is 170 g/mol. The van der Waals surface area contributed by atoms with Gasteiger partial charge in [-0.1, -0.05) is 20.3 Å². The van der Waals surface area contributed by atoms with Crippen LogP contribution in [0.4, 0.5) is 0 Å². The summed E-state index contributed by atoms with van der Waals surface area (Å²) in [6, 6.07) is 0. The first-order valence-corrected chi connectivity index (χ1v) is 4.36. The van der Waals surface area contributed by atoms with Crippen LogP contribution in [0.1, 0.15) is 40.5 Å². The van der Waals surface area contributed by atoms with Crippen molar-refractivity contribution in [1.29, 1.82) is 0 Å². The first-order valence-electron chi connectivity index (χ1n) is 4.36. The zero-order chi connectivity index (χ0) is 9.56. The van der Waals surface area contributed by atoms with Gasteiger partial charge >= 0.3 is 0 Å². The molecule has 1 N–H and O–H groups in total. The third-order valence-corrected chi connectivity index (χ3v) is 1.63. The summed E-state index contributed by atoms with van der Waals surface area (Å²) < 4.78 is 0. The van der Waals surface area contributed by atoms with E-state index in [2.05, 4.69) is 24.4 Å². The Bertz CT molecular complexity index is 171. The lowest BCUT2D eigenvalue weighted by molar-refractivity contribution is -0.121. The Balaban J connectivity index is 3.67. The van der Waals surface area contributed by atoms with Gasteiger partial charge in [-0.25, -0.2) is 5.43 Å². The molecule has 0 radical (unpaired) electrons. The van der Waals surface area contributed by atoms with E-state index >= 15 is 0 Å².